The molecule has 2 heterocycles. The van der Waals surface area contributed by atoms with Crippen molar-refractivity contribution in [2.24, 2.45) is 0 Å². The molecule has 1 aromatic carbocycles. The van der Waals surface area contributed by atoms with Crippen LogP contribution in [0, 0.1) is 6.92 Å². The van der Waals surface area contributed by atoms with Crippen molar-refractivity contribution in [1.82, 2.24) is 4.90 Å². The first kappa shape index (κ1) is 17.5. The minimum Gasteiger partial charge on any atom is -0.468 e. The summed E-state index contributed by atoms with van der Waals surface area (Å²) in [4.78, 5) is 14.5. The van der Waals surface area contributed by atoms with Crippen LogP contribution in [-0.4, -0.2) is 17.4 Å². The summed E-state index contributed by atoms with van der Waals surface area (Å²) >= 11 is 3.43. The third-order valence-corrected chi connectivity index (χ3v) is 4.24. The van der Waals surface area contributed by atoms with Crippen LogP contribution in [0.25, 0.3) is 0 Å². The molecular weight excluding hydrogens is 384 g/mol. The van der Waals surface area contributed by atoms with Gasteiger partial charge in [-0.2, -0.15) is 0 Å². The van der Waals surface area contributed by atoms with E-state index < -0.39 is 0 Å². The van der Waals surface area contributed by atoms with E-state index in [1.807, 2.05) is 54.3 Å². The maximum atomic E-state index is 12.5. The van der Waals surface area contributed by atoms with E-state index in [0.29, 0.717) is 13.1 Å². The van der Waals surface area contributed by atoms with E-state index in [-0.39, 0.29) is 12.5 Å². The second-order valence-corrected chi connectivity index (χ2v) is 6.73. The molecule has 0 radical (unpaired) electrons. The highest BCUT2D eigenvalue weighted by molar-refractivity contribution is 9.10. The van der Waals surface area contributed by atoms with Gasteiger partial charge in [0.05, 0.1) is 32.2 Å². The average molecular weight is 403 g/mol. The Morgan fingerprint density at radius 3 is 2.24 bits per heavy atom. The van der Waals surface area contributed by atoms with Crippen LogP contribution in [0.5, 0.6) is 0 Å². The number of carbonyl (C=O) groups excluding carboxylic acids is 1. The van der Waals surface area contributed by atoms with Gasteiger partial charge in [0.1, 0.15) is 11.5 Å². The van der Waals surface area contributed by atoms with Crippen LogP contribution in [0.4, 0.5) is 5.69 Å². The highest BCUT2D eigenvalue weighted by Gasteiger charge is 2.15. The summed E-state index contributed by atoms with van der Waals surface area (Å²) in [6, 6.07) is 13.2. The van der Waals surface area contributed by atoms with E-state index in [4.69, 9.17) is 8.83 Å². The fraction of sp³-hybridized carbons (Fsp3) is 0.211. The van der Waals surface area contributed by atoms with Gasteiger partial charge >= 0.3 is 0 Å². The lowest BCUT2D eigenvalue weighted by Gasteiger charge is -2.20. The monoisotopic (exact) mass is 402 g/mol. The molecule has 5 nitrogen and oxygen atoms in total. The molecule has 3 rings (SSSR count). The van der Waals surface area contributed by atoms with Crippen molar-refractivity contribution in [3.63, 3.8) is 0 Å². The number of anilines is 1. The summed E-state index contributed by atoms with van der Waals surface area (Å²) in [7, 11) is 0. The Bertz CT molecular complexity index is 777. The largest absolute Gasteiger partial charge is 0.468 e. The lowest BCUT2D eigenvalue weighted by atomic mass is 10.2. The fourth-order valence-electron chi connectivity index (χ4n) is 2.57. The number of benzene rings is 1. The van der Waals surface area contributed by atoms with Crippen molar-refractivity contribution in [3.05, 3.63) is 76.5 Å². The number of hydrogen-bond donors (Lipinski definition) is 1. The highest BCUT2D eigenvalue weighted by atomic mass is 79.9. The Labute approximate surface area is 154 Å². The molecule has 0 saturated heterocycles. The van der Waals surface area contributed by atoms with E-state index >= 15 is 0 Å². The van der Waals surface area contributed by atoms with Crippen LogP contribution in [-0.2, 0) is 17.9 Å². The Morgan fingerprint density at radius 1 is 1.08 bits per heavy atom. The van der Waals surface area contributed by atoms with E-state index in [1.165, 1.54) is 0 Å². The second kappa shape index (κ2) is 8.18. The number of furan rings is 2. The lowest BCUT2D eigenvalue weighted by Crippen LogP contribution is -2.32. The van der Waals surface area contributed by atoms with Crippen molar-refractivity contribution >= 4 is 27.5 Å². The minimum atomic E-state index is -0.0801. The van der Waals surface area contributed by atoms with Crippen molar-refractivity contribution in [2.75, 3.05) is 11.9 Å². The summed E-state index contributed by atoms with van der Waals surface area (Å²) in [6.07, 6.45) is 3.26. The normalized spacial score (nSPS) is 11.0. The zero-order valence-corrected chi connectivity index (χ0v) is 15.5. The zero-order valence-electron chi connectivity index (χ0n) is 13.9. The topological polar surface area (TPSA) is 58.6 Å². The van der Waals surface area contributed by atoms with Crippen molar-refractivity contribution in [2.45, 2.75) is 20.0 Å². The summed E-state index contributed by atoms with van der Waals surface area (Å²) < 4.78 is 11.8. The van der Waals surface area contributed by atoms with E-state index in [9.17, 15) is 4.79 Å². The minimum absolute atomic E-state index is 0.0801. The van der Waals surface area contributed by atoms with Crippen molar-refractivity contribution in [1.29, 1.82) is 0 Å². The van der Waals surface area contributed by atoms with Gasteiger partial charge in [-0.05, 0) is 55.0 Å². The van der Waals surface area contributed by atoms with Gasteiger partial charge in [-0.15, -0.1) is 0 Å². The molecule has 0 bridgehead atoms. The van der Waals surface area contributed by atoms with E-state index in [2.05, 4.69) is 21.2 Å². The van der Waals surface area contributed by atoms with Crippen molar-refractivity contribution < 1.29 is 13.6 Å². The number of halogens is 1. The second-order valence-electron chi connectivity index (χ2n) is 5.81. The quantitative estimate of drug-likeness (QED) is 0.627. The number of nitrogens with one attached hydrogen (secondary N) is 1. The first-order chi connectivity index (χ1) is 12.1. The molecule has 25 heavy (non-hydrogen) atoms. The predicted octanol–water partition coefficient (Wildman–Crippen LogP) is 4.58. The molecule has 130 valence electrons. The van der Waals surface area contributed by atoms with Gasteiger partial charge in [0.2, 0.25) is 5.91 Å². The first-order valence-corrected chi connectivity index (χ1v) is 8.72. The number of carbonyl (C=O) groups is 1. The Kier molecular flexibility index (Phi) is 5.73. The van der Waals surface area contributed by atoms with Gasteiger partial charge < -0.3 is 14.2 Å². The number of rotatable bonds is 7. The number of nitrogens with zero attached hydrogens (tertiary/aromatic N) is 1. The average Bonchev–Trinajstić information content (AvgIpc) is 3.24. The molecule has 0 spiro atoms. The Hall–Kier alpha value is -2.31. The van der Waals surface area contributed by atoms with Gasteiger partial charge in [-0.1, -0.05) is 15.9 Å². The fourth-order valence-corrected chi connectivity index (χ4v) is 3.05. The lowest BCUT2D eigenvalue weighted by molar-refractivity contribution is -0.117. The van der Waals surface area contributed by atoms with Gasteiger partial charge in [-0.3, -0.25) is 9.69 Å². The third kappa shape index (κ3) is 5.08. The summed E-state index contributed by atoms with van der Waals surface area (Å²) in [6.45, 7) is 3.25. The molecule has 0 aliphatic heterocycles. The maximum absolute atomic E-state index is 12.5. The maximum Gasteiger partial charge on any atom is 0.238 e. The number of hydrogen-bond acceptors (Lipinski definition) is 4. The van der Waals surface area contributed by atoms with Gasteiger partial charge in [-0.25, -0.2) is 0 Å². The summed E-state index contributed by atoms with van der Waals surface area (Å²) in [5, 5.41) is 2.96. The Morgan fingerprint density at radius 2 is 1.72 bits per heavy atom. The van der Waals surface area contributed by atoms with Gasteiger partial charge in [0.15, 0.2) is 0 Å². The SMILES string of the molecule is Cc1cc(Br)ccc1NC(=O)CN(Cc1ccco1)Cc1ccco1. The number of amides is 1. The third-order valence-electron chi connectivity index (χ3n) is 3.75. The summed E-state index contributed by atoms with van der Waals surface area (Å²) in [5.74, 6) is 1.53. The summed E-state index contributed by atoms with van der Waals surface area (Å²) in [5.41, 5.74) is 1.82. The van der Waals surface area contributed by atoms with Crippen LogP contribution in [0.1, 0.15) is 17.1 Å². The number of aryl methyl sites for hydroxylation is 1. The van der Waals surface area contributed by atoms with Crippen LogP contribution in [0.3, 0.4) is 0 Å². The molecule has 0 aliphatic rings. The molecule has 0 atom stereocenters. The Balaban J connectivity index is 1.66. The molecule has 0 fully saturated rings. The van der Waals surface area contributed by atoms with Crippen LogP contribution >= 0.6 is 15.9 Å². The van der Waals surface area contributed by atoms with Crippen molar-refractivity contribution in [3.8, 4) is 0 Å². The molecule has 1 amide bonds. The molecule has 2 aromatic heterocycles. The molecule has 0 saturated carbocycles. The first-order valence-electron chi connectivity index (χ1n) is 7.93. The van der Waals surface area contributed by atoms with Crippen LogP contribution < -0.4 is 5.32 Å². The van der Waals surface area contributed by atoms with Gasteiger partial charge in [0, 0.05) is 10.2 Å². The molecule has 0 aliphatic carbocycles. The van der Waals surface area contributed by atoms with E-state index in [1.54, 1.807) is 12.5 Å². The van der Waals surface area contributed by atoms with Gasteiger partial charge in [0.25, 0.3) is 0 Å². The molecule has 3 aromatic rings. The van der Waals surface area contributed by atoms with Crippen LogP contribution in [0.15, 0.2) is 68.3 Å². The predicted molar refractivity (Wildman–Crippen MR) is 99.0 cm³/mol. The molecule has 0 unspecified atom stereocenters. The van der Waals surface area contributed by atoms with E-state index in [0.717, 1.165) is 27.2 Å². The highest BCUT2D eigenvalue weighted by Crippen LogP contribution is 2.20. The molecule has 6 heteroatoms. The molecule has 1 N–H and O–H groups in total. The standard InChI is InChI=1S/C19H19BrN2O3/c1-14-10-15(20)6-7-18(14)21-19(23)13-22(11-16-4-2-8-24-16)12-17-5-3-9-25-17/h2-10H,11-13H2,1H3,(H,21,23). The molecular formula is C19H19BrN2O3. The zero-order chi connectivity index (χ0) is 17.6. The smallest absolute Gasteiger partial charge is 0.238 e. The van der Waals surface area contributed by atoms with Crippen LogP contribution in [0.2, 0.25) is 0 Å².